The molecule has 0 spiro atoms. The van der Waals surface area contributed by atoms with Gasteiger partial charge in [0.2, 0.25) is 0 Å². The number of hydrogen-bond donors (Lipinski definition) is 0. The van der Waals surface area contributed by atoms with Gasteiger partial charge in [-0.15, -0.1) is 5.56 Å². The Labute approximate surface area is 262 Å². The zero-order valence-electron chi connectivity index (χ0n) is 24.3. The SMILES string of the molecule is CCCCCCCCC#Cc1ccc(C(SCCC(=O)OC)(c2ccccc2)[c-]2cccc2)cc1.[Fe].[cH-]1[cH-][cH-][cH-][cH-]1. The second kappa shape index (κ2) is 20.0. The van der Waals surface area contributed by atoms with Crippen LogP contribution in [0.15, 0.2) is 109 Å². The average Bonchev–Trinajstić information content (AvgIpc) is 3.76. The summed E-state index contributed by atoms with van der Waals surface area (Å²) in [6, 6.07) is 37.7. The molecule has 41 heavy (non-hydrogen) atoms. The van der Waals surface area contributed by atoms with Crippen LogP contribution in [0.2, 0.25) is 0 Å². The Morgan fingerprint density at radius 3 is 2.02 bits per heavy atom. The largest absolute Gasteiger partial charge is 0.748 e. The maximum Gasteiger partial charge on any atom is 0.306 e. The molecule has 0 N–H and O–H groups in total. The van der Waals surface area contributed by atoms with Gasteiger partial charge >= 0.3 is 5.97 Å². The second-order valence-corrected chi connectivity index (χ2v) is 11.1. The normalized spacial score (nSPS) is 11.6. The van der Waals surface area contributed by atoms with Gasteiger partial charge in [0, 0.05) is 39.6 Å². The minimum Gasteiger partial charge on any atom is -0.748 e. The molecule has 0 aliphatic carbocycles. The number of thioether (sulfide) groups is 1. The van der Waals surface area contributed by atoms with Crippen LogP contribution in [0.3, 0.4) is 0 Å². The smallest absolute Gasteiger partial charge is 0.306 e. The molecule has 4 rings (SSSR count). The zero-order valence-corrected chi connectivity index (χ0v) is 26.3. The first-order chi connectivity index (χ1) is 19.7. The van der Waals surface area contributed by atoms with E-state index >= 15 is 0 Å². The Morgan fingerprint density at radius 1 is 0.829 bits per heavy atom. The number of hydrogen-bond acceptors (Lipinski definition) is 3. The van der Waals surface area contributed by atoms with Gasteiger partial charge in [-0.2, -0.15) is 23.9 Å². The number of methoxy groups -OCH3 is 1. The van der Waals surface area contributed by atoms with E-state index in [1.807, 2.05) is 36.4 Å². The molecule has 1 atom stereocenters. The molecule has 0 fully saturated rings. The Morgan fingerprint density at radius 2 is 1.41 bits per heavy atom. The van der Waals surface area contributed by atoms with Gasteiger partial charge < -0.3 is 35.1 Å². The standard InChI is InChI=1S/C32H37O2S.C5H5.Fe/c1-3-4-5-6-7-8-9-11-16-27-21-23-30(24-22-27)32(29-19-14-15-20-29,28-17-12-10-13-18-28)35-26-25-31(33)34-2;1-2-4-5-3-1;/h10,12-15,17-24H,3-9,25-26H2,1-2H3;1-5H;/q-1;-5;. The van der Waals surface area contributed by atoms with E-state index in [9.17, 15) is 4.79 Å². The van der Waals surface area contributed by atoms with E-state index in [-0.39, 0.29) is 23.0 Å². The first kappa shape index (κ1) is 34.2. The average molecular weight is 607 g/mol. The van der Waals surface area contributed by atoms with Crippen molar-refractivity contribution in [1.82, 2.24) is 0 Å². The molecular formula is C37H42FeO2S-6. The molecule has 0 saturated carbocycles. The quantitative estimate of drug-likeness (QED) is 0.0499. The number of unbranched alkanes of at least 4 members (excludes halogenated alkanes) is 6. The van der Waals surface area contributed by atoms with Gasteiger partial charge in [-0.3, -0.25) is 4.79 Å². The topological polar surface area (TPSA) is 26.3 Å². The molecule has 1 unspecified atom stereocenters. The van der Waals surface area contributed by atoms with Crippen molar-refractivity contribution in [2.75, 3.05) is 12.9 Å². The first-order valence-electron chi connectivity index (χ1n) is 14.4. The summed E-state index contributed by atoms with van der Waals surface area (Å²) in [4.78, 5) is 11.9. The number of benzene rings is 2. The van der Waals surface area contributed by atoms with Crippen molar-refractivity contribution in [3.05, 3.63) is 131 Å². The Bertz CT molecular complexity index is 1240. The number of ether oxygens (including phenoxy) is 1. The molecule has 0 aliphatic rings. The predicted octanol–water partition coefficient (Wildman–Crippen LogP) is 9.50. The fourth-order valence-corrected chi connectivity index (χ4v) is 6.17. The number of carbonyl (C=O) groups is 1. The van der Waals surface area contributed by atoms with Crippen molar-refractivity contribution in [1.29, 1.82) is 0 Å². The molecular weight excluding hydrogens is 564 g/mol. The van der Waals surface area contributed by atoms with E-state index < -0.39 is 4.75 Å². The van der Waals surface area contributed by atoms with Crippen LogP contribution in [-0.2, 0) is 31.3 Å². The fraction of sp³-hybridized carbons (Fsp3) is 0.324. The summed E-state index contributed by atoms with van der Waals surface area (Å²) < 4.78 is 4.48. The molecule has 0 radical (unpaired) electrons. The van der Waals surface area contributed by atoms with Crippen molar-refractivity contribution < 1.29 is 26.6 Å². The Balaban J connectivity index is 0.000000883. The number of esters is 1. The molecule has 2 nitrogen and oxygen atoms in total. The third-order valence-corrected chi connectivity index (χ3v) is 8.39. The van der Waals surface area contributed by atoms with Crippen molar-refractivity contribution >= 4 is 17.7 Å². The molecule has 0 aliphatic heterocycles. The maximum absolute atomic E-state index is 11.9. The molecule has 0 heterocycles. The Kier molecular flexibility index (Phi) is 16.7. The van der Waals surface area contributed by atoms with Crippen molar-refractivity contribution in [2.24, 2.45) is 0 Å². The van der Waals surface area contributed by atoms with Gasteiger partial charge in [-0.25, -0.2) is 12.1 Å². The molecule has 0 saturated heterocycles. The van der Waals surface area contributed by atoms with Gasteiger partial charge in [0.15, 0.2) is 0 Å². The number of rotatable bonds is 13. The Hall–Kier alpha value is -2.96. The number of carbonyl (C=O) groups excluding carboxylic acids is 1. The summed E-state index contributed by atoms with van der Waals surface area (Å²) in [5.41, 5.74) is 4.64. The molecule has 0 aromatic heterocycles. The van der Waals surface area contributed by atoms with E-state index in [0.29, 0.717) is 12.2 Å². The monoisotopic (exact) mass is 606 g/mol. The van der Waals surface area contributed by atoms with Crippen LogP contribution in [0, 0.1) is 11.8 Å². The van der Waals surface area contributed by atoms with Crippen LogP contribution in [0.25, 0.3) is 0 Å². The summed E-state index contributed by atoms with van der Waals surface area (Å²) in [6.07, 6.45) is 9.08. The fourth-order valence-electron chi connectivity index (χ4n) is 4.69. The van der Waals surface area contributed by atoms with Crippen LogP contribution in [0.4, 0.5) is 0 Å². The summed E-state index contributed by atoms with van der Waals surface area (Å²) in [7, 11) is 1.45. The third kappa shape index (κ3) is 11.1. The van der Waals surface area contributed by atoms with Crippen LogP contribution in [-0.4, -0.2) is 18.8 Å². The molecule has 0 amide bonds. The van der Waals surface area contributed by atoms with Crippen LogP contribution in [0.1, 0.15) is 80.5 Å². The van der Waals surface area contributed by atoms with E-state index in [2.05, 4.69) is 91.6 Å². The van der Waals surface area contributed by atoms with E-state index in [4.69, 9.17) is 4.74 Å². The molecule has 4 heteroatoms. The van der Waals surface area contributed by atoms with Crippen molar-refractivity contribution in [3.8, 4) is 11.8 Å². The molecule has 0 bridgehead atoms. The van der Waals surface area contributed by atoms with Gasteiger partial charge in [0.05, 0.1) is 13.5 Å². The van der Waals surface area contributed by atoms with Crippen LogP contribution in [0.5, 0.6) is 0 Å². The van der Waals surface area contributed by atoms with E-state index in [1.54, 1.807) is 11.8 Å². The van der Waals surface area contributed by atoms with Crippen molar-refractivity contribution in [2.45, 2.75) is 63.0 Å². The van der Waals surface area contributed by atoms with Gasteiger partial charge in [0.25, 0.3) is 0 Å². The molecule has 222 valence electrons. The first-order valence-corrected chi connectivity index (χ1v) is 15.4. The van der Waals surface area contributed by atoms with Crippen LogP contribution < -0.4 is 0 Å². The summed E-state index contributed by atoms with van der Waals surface area (Å²) in [5.74, 6) is 7.18. The second-order valence-electron chi connectivity index (χ2n) is 9.75. The van der Waals surface area contributed by atoms with Gasteiger partial charge in [-0.1, -0.05) is 93.3 Å². The predicted molar refractivity (Wildman–Crippen MR) is 171 cm³/mol. The summed E-state index contributed by atoms with van der Waals surface area (Å²) in [6.45, 7) is 2.25. The summed E-state index contributed by atoms with van der Waals surface area (Å²) in [5, 5.41) is 0. The minimum absolute atomic E-state index is 0. The summed E-state index contributed by atoms with van der Waals surface area (Å²) >= 11 is 1.78. The van der Waals surface area contributed by atoms with Crippen LogP contribution >= 0.6 is 11.8 Å². The maximum atomic E-state index is 11.9. The van der Waals surface area contributed by atoms with Gasteiger partial charge in [0.1, 0.15) is 0 Å². The van der Waals surface area contributed by atoms with Crippen molar-refractivity contribution in [3.63, 3.8) is 0 Å². The third-order valence-electron chi connectivity index (χ3n) is 6.84. The minimum atomic E-state index is -0.413. The van der Waals surface area contributed by atoms with Gasteiger partial charge in [-0.05, 0) is 29.7 Å². The van der Waals surface area contributed by atoms with E-state index in [0.717, 1.165) is 12.0 Å². The molecule has 4 aromatic rings. The van der Waals surface area contributed by atoms with E-state index in [1.165, 1.54) is 62.3 Å². The molecule has 4 aromatic carbocycles. The zero-order chi connectivity index (χ0) is 28.3.